The molecule has 0 bridgehead atoms. The summed E-state index contributed by atoms with van der Waals surface area (Å²) in [5.74, 6) is -1.36. The van der Waals surface area contributed by atoms with Crippen molar-refractivity contribution in [3.05, 3.63) is 57.3 Å². The summed E-state index contributed by atoms with van der Waals surface area (Å²) in [6.07, 6.45) is -0.976. The van der Waals surface area contributed by atoms with E-state index in [4.69, 9.17) is 0 Å². The van der Waals surface area contributed by atoms with Crippen LogP contribution in [0.4, 0.5) is 8.78 Å². The standard InChI is InChI=1S/C12H10F2OS/c1-7-11(2-3-16-7)12(15)8-4-9(13)6-10(14)5-8/h2-6,12,15H,1H3. The minimum absolute atomic E-state index is 0.235. The van der Waals surface area contributed by atoms with E-state index in [1.807, 2.05) is 12.3 Å². The van der Waals surface area contributed by atoms with Gasteiger partial charge in [-0.2, -0.15) is 0 Å². The minimum Gasteiger partial charge on any atom is -0.384 e. The average Bonchev–Trinajstić information content (AvgIpc) is 2.62. The molecule has 0 aliphatic heterocycles. The molecular weight excluding hydrogens is 230 g/mol. The molecule has 84 valence electrons. The van der Waals surface area contributed by atoms with Crippen LogP contribution in [0.2, 0.25) is 0 Å². The predicted molar refractivity (Wildman–Crippen MR) is 59.5 cm³/mol. The van der Waals surface area contributed by atoms with E-state index in [1.54, 1.807) is 6.07 Å². The normalized spacial score (nSPS) is 12.8. The van der Waals surface area contributed by atoms with Crippen molar-refractivity contribution < 1.29 is 13.9 Å². The van der Waals surface area contributed by atoms with Crippen LogP contribution in [0.3, 0.4) is 0 Å². The number of benzene rings is 1. The molecule has 0 radical (unpaired) electrons. The first-order chi connectivity index (χ1) is 7.58. The highest BCUT2D eigenvalue weighted by atomic mass is 32.1. The Balaban J connectivity index is 2.41. The van der Waals surface area contributed by atoms with Gasteiger partial charge in [-0.15, -0.1) is 11.3 Å². The number of aryl methyl sites for hydroxylation is 1. The number of halogens is 2. The fourth-order valence-electron chi connectivity index (χ4n) is 1.59. The van der Waals surface area contributed by atoms with Gasteiger partial charge in [0.15, 0.2) is 0 Å². The molecule has 0 spiro atoms. The van der Waals surface area contributed by atoms with E-state index in [-0.39, 0.29) is 5.56 Å². The molecule has 4 heteroatoms. The third-order valence-electron chi connectivity index (χ3n) is 2.39. The summed E-state index contributed by atoms with van der Waals surface area (Å²) in [4.78, 5) is 0.942. The molecule has 1 unspecified atom stereocenters. The maximum atomic E-state index is 13.0. The van der Waals surface area contributed by atoms with E-state index < -0.39 is 17.7 Å². The van der Waals surface area contributed by atoms with Gasteiger partial charge in [0.05, 0.1) is 0 Å². The van der Waals surface area contributed by atoms with Crippen molar-refractivity contribution >= 4 is 11.3 Å². The second-order valence-corrected chi connectivity index (χ2v) is 4.66. The van der Waals surface area contributed by atoms with E-state index in [0.29, 0.717) is 5.56 Å². The lowest BCUT2D eigenvalue weighted by molar-refractivity contribution is 0.219. The first kappa shape index (κ1) is 11.2. The summed E-state index contributed by atoms with van der Waals surface area (Å²) in [6, 6.07) is 4.83. The third kappa shape index (κ3) is 2.13. The zero-order valence-electron chi connectivity index (χ0n) is 8.58. The topological polar surface area (TPSA) is 20.2 Å². The van der Waals surface area contributed by atoms with Crippen molar-refractivity contribution in [2.24, 2.45) is 0 Å². The van der Waals surface area contributed by atoms with Crippen LogP contribution >= 0.6 is 11.3 Å². The van der Waals surface area contributed by atoms with Crippen LogP contribution in [0.15, 0.2) is 29.6 Å². The number of aliphatic hydroxyl groups excluding tert-OH is 1. The Hall–Kier alpha value is -1.26. The first-order valence-corrected chi connectivity index (χ1v) is 5.64. The Labute approximate surface area is 96.0 Å². The SMILES string of the molecule is Cc1sccc1C(O)c1cc(F)cc(F)c1. The van der Waals surface area contributed by atoms with E-state index in [0.717, 1.165) is 23.1 Å². The van der Waals surface area contributed by atoms with Gasteiger partial charge in [-0.1, -0.05) is 0 Å². The van der Waals surface area contributed by atoms with Gasteiger partial charge >= 0.3 is 0 Å². The van der Waals surface area contributed by atoms with Crippen LogP contribution in [-0.4, -0.2) is 5.11 Å². The summed E-state index contributed by atoms with van der Waals surface area (Å²) < 4.78 is 26.0. The molecular formula is C12H10F2OS. The quantitative estimate of drug-likeness (QED) is 0.852. The van der Waals surface area contributed by atoms with Crippen molar-refractivity contribution in [1.29, 1.82) is 0 Å². The molecule has 0 fully saturated rings. The Bertz CT molecular complexity index is 487. The molecule has 0 saturated carbocycles. The monoisotopic (exact) mass is 240 g/mol. The Morgan fingerprint density at radius 1 is 1.19 bits per heavy atom. The van der Waals surface area contributed by atoms with Crippen molar-refractivity contribution in [3.8, 4) is 0 Å². The number of hydrogen-bond acceptors (Lipinski definition) is 2. The van der Waals surface area contributed by atoms with Gasteiger partial charge < -0.3 is 5.11 Å². The molecule has 1 aromatic heterocycles. The predicted octanol–water partition coefficient (Wildman–Crippen LogP) is 3.42. The smallest absolute Gasteiger partial charge is 0.126 e. The molecule has 2 aromatic rings. The van der Waals surface area contributed by atoms with Crippen LogP contribution < -0.4 is 0 Å². The molecule has 0 saturated heterocycles. The zero-order valence-corrected chi connectivity index (χ0v) is 9.39. The van der Waals surface area contributed by atoms with E-state index in [9.17, 15) is 13.9 Å². The summed E-state index contributed by atoms with van der Waals surface area (Å²) in [7, 11) is 0. The fourth-order valence-corrected chi connectivity index (χ4v) is 2.33. The lowest BCUT2D eigenvalue weighted by Crippen LogP contribution is -2.01. The summed E-state index contributed by atoms with van der Waals surface area (Å²) in [6.45, 7) is 1.86. The second kappa shape index (κ2) is 4.31. The summed E-state index contributed by atoms with van der Waals surface area (Å²) >= 11 is 1.49. The summed E-state index contributed by atoms with van der Waals surface area (Å²) in [5.41, 5.74) is 0.925. The van der Waals surface area contributed by atoms with Crippen LogP contribution in [0.5, 0.6) is 0 Å². The Kier molecular flexibility index (Phi) is 3.03. The average molecular weight is 240 g/mol. The lowest BCUT2D eigenvalue weighted by Gasteiger charge is -2.11. The maximum Gasteiger partial charge on any atom is 0.126 e. The van der Waals surface area contributed by atoms with E-state index in [1.165, 1.54) is 11.3 Å². The summed E-state index contributed by atoms with van der Waals surface area (Å²) in [5, 5.41) is 11.8. The van der Waals surface area contributed by atoms with Crippen molar-refractivity contribution in [2.75, 3.05) is 0 Å². The minimum atomic E-state index is -0.976. The number of rotatable bonds is 2. The van der Waals surface area contributed by atoms with Gasteiger partial charge in [-0.3, -0.25) is 0 Å². The molecule has 1 aromatic carbocycles. The number of aliphatic hydroxyl groups is 1. The zero-order chi connectivity index (χ0) is 11.7. The van der Waals surface area contributed by atoms with Gasteiger partial charge in [0, 0.05) is 10.9 Å². The highest BCUT2D eigenvalue weighted by Gasteiger charge is 2.15. The highest BCUT2D eigenvalue weighted by molar-refractivity contribution is 7.10. The lowest BCUT2D eigenvalue weighted by atomic mass is 10.0. The van der Waals surface area contributed by atoms with E-state index in [2.05, 4.69) is 0 Å². The highest BCUT2D eigenvalue weighted by Crippen LogP contribution is 2.28. The third-order valence-corrected chi connectivity index (χ3v) is 3.26. The van der Waals surface area contributed by atoms with Crippen LogP contribution in [0.1, 0.15) is 22.1 Å². The van der Waals surface area contributed by atoms with Crippen LogP contribution in [0, 0.1) is 18.6 Å². The first-order valence-electron chi connectivity index (χ1n) is 4.76. The number of thiophene rings is 1. The van der Waals surface area contributed by atoms with Crippen molar-refractivity contribution in [2.45, 2.75) is 13.0 Å². The van der Waals surface area contributed by atoms with Crippen molar-refractivity contribution in [3.63, 3.8) is 0 Å². The molecule has 2 rings (SSSR count). The van der Waals surface area contributed by atoms with Gasteiger partial charge in [-0.05, 0) is 41.6 Å². The second-order valence-electron chi connectivity index (χ2n) is 3.54. The Morgan fingerprint density at radius 3 is 2.31 bits per heavy atom. The van der Waals surface area contributed by atoms with Crippen LogP contribution in [0.25, 0.3) is 0 Å². The molecule has 16 heavy (non-hydrogen) atoms. The van der Waals surface area contributed by atoms with Crippen LogP contribution in [-0.2, 0) is 0 Å². The molecule has 0 aliphatic carbocycles. The Morgan fingerprint density at radius 2 is 1.81 bits per heavy atom. The molecule has 1 nitrogen and oxygen atoms in total. The van der Waals surface area contributed by atoms with Crippen molar-refractivity contribution in [1.82, 2.24) is 0 Å². The maximum absolute atomic E-state index is 13.0. The fraction of sp³-hybridized carbons (Fsp3) is 0.167. The molecule has 0 aliphatic rings. The molecule has 1 atom stereocenters. The van der Waals surface area contributed by atoms with Gasteiger partial charge in [0.1, 0.15) is 17.7 Å². The molecule has 0 amide bonds. The van der Waals surface area contributed by atoms with Gasteiger partial charge in [0.2, 0.25) is 0 Å². The number of hydrogen-bond donors (Lipinski definition) is 1. The van der Waals surface area contributed by atoms with Gasteiger partial charge in [-0.25, -0.2) is 8.78 Å². The largest absolute Gasteiger partial charge is 0.384 e. The van der Waals surface area contributed by atoms with Gasteiger partial charge in [0.25, 0.3) is 0 Å². The van der Waals surface area contributed by atoms with E-state index >= 15 is 0 Å². The molecule has 1 heterocycles. The molecule has 1 N–H and O–H groups in total.